The minimum Gasteiger partial charge on any atom is -0.444 e. The van der Waals surface area contributed by atoms with Gasteiger partial charge < -0.3 is 20.4 Å². The highest BCUT2D eigenvalue weighted by Gasteiger charge is 2.19. The lowest BCUT2D eigenvalue weighted by atomic mass is 10.2. The molecule has 0 aliphatic rings. The molecule has 0 aliphatic carbocycles. The Hall–Kier alpha value is -4.14. The van der Waals surface area contributed by atoms with E-state index in [0.717, 1.165) is 11.3 Å². The number of aromatic amines is 1. The monoisotopic (exact) mass is 446 g/mol. The molecule has 0 unspecified atom stereocenters. The van der Waals surface area contributed by atoms with Crippen LogP contribution in [0.3, 0.4) is 0 Å². The number of hydrogen-bond acceptors (Lipinski definition) is 6. The normalized spacial score (nSPS) is 11.4. The first kappa shape index (κ1) is 22.1. The van der Waals surface area contributed by atoms with E-state index in [1.807, 2.05) is 60.7 Å². The van der Waals surface area contributed by atoms with E-state index < -0.39 is 11.7 Å². The van der Waals surface area contributed by atoms with Crippen molar-refractivity contribution in [1.82, 2.24) is 25.1 Å². The molecule has 4 rings (SSSR count). The van der Waals surface area contributed by atoms with Crippen LogP contribution in [0.25, 0.3) is 11.0 Å². The Balaban J connectivity index is 1.68. The van der Waals surface area contributed by atoms with Gasteiger partial charge in [0.25, 0.3) is 5.56 Å². The summed E-state index contributed by atoms with van der Waals surface area (Å²) in [5, 5.41) is 10.8. The van der Waals surface area contributed by atoms with Crippen molar-refractivity contribution in [3.63, 3.8) is 0 Å². The molecule has 0 saturated carbocycles. The summed E-state index contributed by atoms with van der Waals surface area (Å²) >= 11 is 0. The van der Waals surface area contributed by atoms with Crippen molar-refractivity contribution in [3.8, 4) is 0 Å². The van der Waals surface area contributed by atoms with E-state index in [0.29, 0.717) is 17.7 Å². The SMILES string of the molecule is CC(C)(C)OC(=O)NCc1nc2nn(Cc3ccccc3)c(Nc3ccccc3)c2c(=O)[nH]1. The number of carbonyl (C=O) groups excluding carboxylic acids is 1. The lowest BCUT2D eigenvalue weighted by Gasteiger charge is -2.19. The van der Waals surface area contributed by atoms with Crippen LogP contribution in [0.1, 0.15) is 32.2 Å². The number of aromatic nitrogens is 4. The van der Waals surface area contributed by atoms with Crippen LogP contribution >= 0.6 is 0 Å². The van der Waals surface area contributed by atoms with Gasteiger partial charge in [-0.05, 0) is 38.5 Å². The first-order valence-electron chi connectivity index (χ1n) is 10.6. The van der Waals surface area contributed by atoms with Crippen LogP contribution in [0.4, 0.5) is 16.3 Å². The first-order chi connectivity index (χ1) is 15.8. The molecule has 0 aliphatic heterocycles. The molecule has 2 aromatic carbocycles. The Bertz CT molecular complexity index is 1310. The number of ether oxygens (including phenoxy) is 1. The predicted octanol–water partition coefficient (Wildman–Crippen LogP) is 3.94. The number of hydrogen-bond donors (Lipinski definition) is 3. The summed E-state index contributed by atoms with van der Waals surface area (Å²) < 4.78 is 6.96. The van der Waals surface area contributed by atoms with E-state index >= 15 is 0 Å². The molecular formula is C24H26N6O3. The van der Waals surface area contributed by atoms with Crippen LogP contribution in [-0.4, -0.2) is 31.4 Å². The van der Waals surface area contributed by atoms with Gasteiger partial charge in [0.1, 0.15) is 22.6 Å². The summed E-state index contributed by atoms with van der Waals surface area (Å²) in [5.41, 5.74) is 1.17. The van der Waals surface area contributed by atoms with E-state index in [2.05, 4.69) is 25.7 Å². The number of rotatable bonds is 6. The zero-order valence-corrected chi connectivity index (χ0v) is 18.8. The summed E-state index contributed by atoms with van der Waals surface area (Å²) in [6.07, 6.45) is -0.591. The molecule has 2 aromatic heterocycles. The quantitative estimate of drug-likeness (QED) is 0.413. The Labute approximate surface area is 190 Å². The highest BCUT2D eigenvalue weighted by Crippen LogP contribution is 2.24. The molecule has 0 bridgehead atoms. The first-order valence-corrected chi connectivity index (χ1v) is 10.6. The highest BCUT2D eigenvalue weighted by molar-refractivity contribution is 5.88. The minimum atomic E-state index is -0.622. The van der Waals surface area contributed by atoms with Crippen molar-refractivity contribution in [1.29, 1.82) is 0 Å². The van der Waals surface area contributed by atoms with Crippen LogP contribution < -0.4 is 16.2 Å². The maximum atomic E-state index is 13.0. The van der Waals surface area contributed by atoms with Crippen LogP contribution in [-0.2, 0) is 17.8 Å². The summed E-state index contributed by atoms with van der Waals surface area (Å²) in [5.74, 6) is 0.828. The van der Waals surface area contributed by atoms with E-state index in [1.54, 1.807) is 25.5 Å². The summed E-state index contributed by atoms with van der Waals surface area (Å²) in [6.45, 7) is 5.79. The summed E-state index contributed by atoms with van der Waals surface area (Å²) in [7, 11) is 0. The van der Waals surface area contributed by atoms with Gasteiger partial charge in [0.2, 0.25) is 0 Å². The number of carbonyl (C=O) groups is 1. The standard InChI is InChI=1S/C24H26N6O3/c1-24(2,3)33-23(32)25-14-18-27-20-19(22(31)28-18)21(26-17-12-8-5-9-13-17)30(29-20)15-16-10-6-4-7-11-16/h4-13,26H,14-15H2,1-3H3,(H,25,32)(H,27,28,29,31). The second-order valence-corrected chi connectivity index (χ2v) is 8.55. The average molecular weight is 447 g/mol. The van der Waals surface area contributed by atoms with Crippen molar-refractivity contribution < 1.29 is 9.53 Å². The van der Waals surface area contributed by atoms with Crippen molar-refractivity contribution >= 4 is 28.6 Å². The Morgan fingerprint density at radius 1 is 1.06 bits per heavy atom. The second-order valence-electron chi connectivity index (χ2n) is 8.55. The maximum Gasteiger partial charge on any atom is 0.408 e. The van der Waals surface area contributed by atoms with Gasteiger partial charge in [0.15, 0.2) is 5.65 Å². The van der Waals surface area contributed by atoms with Gasteiger partial charge in [-0.1, -0.05) is 48.5 Å². The predicted molar refractivity (Wildman–Crippen MR) is 126 cm³/mol. The van der Waals surface area contributed by atoms with Crippen molar-refractivity contribution in [2.45, 2.75) is 39.5 Å². The van der Waals surface area contributed by atoms with Crippen LogP contribution in [0.2, 0.25) is 0 Å². The molecule has 0 atom stereocenters. The largest absolute Gasteiger partial charge is 0.444 e. The van der Waals surface area contributed by atoms with E-state index in [4.69, 9.17) is 4.74 Å². The molecule has 2 heterocycles. The number of anilines is 2. The van der Waals surface area contributed by atoms with E-state index in [1.165, 1.54) is 0 Å². The summed E-state index contributed by atoms with van der Waals surface area (Å²) in [6, 6.07) is 19.4. The molecule has 33 heavy (non-hydrogen) atoms. The third-order valence-electron chi connectivity index (χ3n) is 4.67. The number of amides is 1. The molecule has 170 valence electrons. The van der Waals surface area contributed by atoms with E-state index in [9.17, 15) is 9.59 Å². The molecule has 9 nitrogen and oxygen atoms in total. The van der Waals surface area contributed by atoms with Crippen molar-refractivity contribution in [3.05, 3.63) is 82.4 Å². The van der Waals surface area contributed by atoms with Crippen molar-refractivity contribution in [2.75, 3.05) is 5.32 Å². The zero-order chi connectivity index (χ0) is 23.4. The fourth-order valence-electron chi connectivity index (χ4n) is 3.30. The number of para-hydroxylation sites is 1. The van der Waals surface area contributed by atoms with Crippen molar-refractivity contribution in [2.24, 2.45) is 0 Å². The topological polar surface area (TPSA) is 114 Å². The Kier molecular flexibility index (Phi) is 6.12. The van der Waals surface area contributed by atoms with Crippen LogP contribution in [0, 0.1) is 0 Å². The molecule has 0 saturated heterocycles. The third kappa shape index (κ3) is 5.57. The number of alkyl carbamates (subject to hydrolysis) is 1. The molecule has 4 aromatic rings. The minimum absolute atomic E-state index is 0.00703. The average Bonchev–Trinajstić information content (AvgIpc) is 3.10. The fraction of sp³-hybridized carbons (Fsp3) is 0.250. The van der Waals surface area contributed by atoms with Crippen LogP contribution in [0.15, 0.2) is 65.5 Å². The lowest BCUT2D eigenvalue weighted by molar-refractivity contribution is 0.0522. The molecule has 0 radical (unpaired) electrons. The molecule has 3 N–H and O–H groups in total. The highest BCUT2D eigenvalue weighted by atomic mass is 16.6. The molecule has 0 spiro atoms. The smallest absolute Gasteiger partial charge is 0.408 e. The van der Waals surface area contributed by atoms with E-state index in [-0.39, 0.29) is 23.6 Å². The molecule has 1 amide bonds. The Morgan fingerprint density at radius 2 is 1.73 bits per heavy atom. The maximum absolute atomic E-state index is 13.0. The van der Waals surface area contributed by atoms with Gasteiger partial charge in [0, 0.05) is 5.69 Å². The third-order valence-corrected chi connectivity index (χ3v) is 4.67. The number of fused-ring (bicyclic) bond motifs is 1. The lowest BCUT2D eigenvalue weighted by Crippen LogP contribution is -2.33. The van der Waals surface area contributed by atoms with Gasteiger partial charge in [-0.25, -0.2) is 14.5 Å². The zero-order valence-electron chi connectivity index (χ0n) is 18.8. The number of nitrogens with one attached hydrogen (secondary N) is 3. The number of nitrogens with zero attached hydrogens (tertiary/aromatic N) is 3. The molecule has 0 fully saturated rings. The van der Waals surface area contributed by atoms with Gasteiger partial charge >= 0.3 is 6.09 Å². The fourth-order valence-corrected chi connectivity index (χ4v) is 3.30. The van der Waals surface area contributed by atoms with Gasteiger partial charge in [-0.3, -0.25) is 4.79 Å². The number of benzene rings is 2. The molecule has 9 heteroatoms. The van der Waals surface area contributed by atoms with Crippen LogP contribution in [0.5, 0.6) is 0 Å². The second kappa shape index (κ2) is 9.15. The summed E-state index contributed by atoms with van der Waals surface area (Å²) in [4.78, 5) is 32.2. The van der Waals surface area contributed by atoms with Gasteiger partial charge in [-0.15, -0.1) is 5.10 Å². The Morgan fingerprint density at radius 3 is 2.39 bits per heavy atom. The molecular weight excluding hydrogens is 420 g/mol. The number of H-pyrrole nitrogens is 1. The van der Waals surface area contributed by atoms with Gasteiger partial charge in [-0.2, -0.15) is 0 Å². The van der Waals surface area contributed by atoms with Gasteiger partial charge in [0.05, 0.1) is 13.1 Å².